The maximum atomic E-state index is 9.85. The van der Waals surface area contributed by atoms with Crippen LogP contribution in [0.5, 0.6) is 5.75 Å². The second-order valence-electron chi connectivity index (χ2n) is 4.97. The van der Waals surface area contributed by atoms with Gasteiger partial charge in [-0.2, -0.15) is 5.10 Å². The van der Waals surface area contributed by atoms with Crippen LogP contribution in [0.1, 0.15) is 31.7 Å². The van der Waals surface area contributed by atoms with Crippen molar-refractivity contribution >= 4 is 0 Å². The molecule has 0 aliphatic heterocycles. The zero-order valence-corrected chi connectivity index (χ0v) is 11.9. The first-order valence-corrected chi connectivity index (χ1v) is 7.15. The van der Waals surface area contributed by atoms with E-state index in [1.54, 1.807) is 10.9 Å². The van der Waals surface area contributed by atoms with Gasteiger partial charge in [0.25, 0.3) is 0 Å². The number of aliphatic hydroxyl groups excluding tert-OH is 1. The van der Waals surface area contributed by atoms with Crippen molar-refractivity contribution in [3.8, 4) is 5.75 Å². The van der Waals surface area contributed by atoms with Gasteiger partial charge in [0.1, 0.15) is 6.61 Å². The predicted octanol–water partition coefficient (Wildman–Crippen LogP) is 3.01. The van der Waals surface area contributed by atoms with Gasteiger partial charge in [-0.05, 0) is 12.0 Å². The van der Waals surface area contributed by atoms with Crippen LogP contribution in [0, 0.1) is 0 Å². The van der Waals surface area contributed by atoms with Crippen molar-refractivity contribution in [1.82, 2.24) is 9.78 Å². The number of aromatic nitrogens is 2. The fourth-order valence-corrected chi connectivity index (χ4v) is 2.01. The molecule has 1 heterocycles. The lowest BCUT2D eigenvalue weighted by molar-refractivity contribution is 0.137. The highest BCUT2D eigenvalue weighted by molar-refractivity contribution is 5.16. The Hall–Kier alpha value is -1.81. The van der Waals surface area contributed by atoms with Gasteiger partial charge in [0.2, 0.25) is 0 Å². The smallest absolute Gasteiger partial charge is 0.157 e. The Kier molecular flexibility index (Phi) is 5.62. The van der Waals surface area contributed by atoms with Gasteiger partial charge in [-0.3, -0.25) is 4.68 Å². The van der Waals surface area contributed by atoms with Gasteiger partial charge in [-0.1, -0.05) is 50.1 Å². The first kappa shape index (κ1) is 14.6. The zero-order valence-electron chi connectivity index (χ0n) is 11.9. The molecule has 0 aliphatic rings. The summed E-state index contributed by atoms with van der Waals surface area (Å²) in [6.45, 7) is 3.18. The molecule has 2 aromatic rings. The molecule has 1 aromatic carbocycles. The molecule has 20 heavy (non-hydrogen) atoms. The van der Waals surface area contributed by atoms with Gasteiger partial charge < -0.3 is 9.84 Å². The largest absolute Gasteiger partial charge is 0.486 e. The van der Waals surface area contributed by atoms with E-state index in [1.165, 1.54) is 0 Å². The Morgan fingerprint density at radius 2 is 2.10 bits per heavy atom. The van der Waals surface area contributed by atoms with Gasteiger partial charge >= 0.3 is 0 Å². The lowest BCUT2D eigenvalue weighted by Crippen LogP contribution is -2.16. The Balaban J connectivity index is 1.80. The molecule has 0 amide bonds. The molecule has 1 N–H and O–H groups in total. The normalized spacial score (nSPS) is 12.3. The molecule has 1 unspecified atom stereocenters. The van der Waals surface area contributed by atoms with E-state index in [9.17, 15) is 5.11 Å². The van der Waals surface area contributed by atoms with Crippen molar-refractivity contribution in [3.05, 3.63) is 48.3 Å². The van der Waals surface area contributed by atoms with Crippen molar-refractivity contribution in [3.63, 3.8) is 0 Å². The van der Waals surface area contributed by atoms with Crippen molar-refractivity contribution < 1.29 is 9.84 Å². The fourth-order valence-electron chi connectivity index (χ4n) is 2.01. The molecule has 0 saturated heterocycles. The summed E-state index contributed by atoms with van der Waals surface area (Å²) in [4.78, 5) is 0. The molecule has 4 nitrogen and oxygen atoms in total. The fraction of sp³-hybridized carbons (Fsp3) is 0.438. The van der Waals surface area contributed by atoms with Crippen LogP contribution in [0.4, 0.5) is 0 Å². The highest BCUT2D eigenvalue weighted by Gasteiger charge is 2.06. The molecule has 1 atom stereocenters. The van der Waals surface area contributed by atoms with Crippen LogP contribution in [0.25, 0.3) is 0 Å². The van der Waals surface area contributed by atoms with Crippen LogP contribution in [0.15, 0.2) is 42.7 Å². The molecule has 0 radical (unpaired) electrons. The molecule has 0 aliphatic carbocycles. The molecular weight excluding hydrogens is 252 g/mol. The minimum absolute atomic E-state index is 0.336. The summed E-state index contributed by atoms with van der Waals surface area (Å²) in [5.74, 6) is 0.733. The highest BCUT2D eigenvalue weighted by Crippen LogP contribution is 2.12. The van der Waals surface area contributed by atoms with Gasteiger partial charge in [0.15, 0.2) is 5.75 Å². The van der Waals surface area contributed by atoms with E-state index in [0.29, 0.717) is 13.2 Å². The SMILES string of the molecule is CCCCC(O)Cn1cc(OCc2ccccc2)cn1. The summed E-state index contributed by atoms with van der Waals surface area (Å²) >= 11 is 0. The molecule has 1 aromatic heterocycles. The van der Waals surface area contributed by atoms with Crippen LogP contribution < -0.4 is 4.74 Å². The van der Waals surface area contributed by atoms with E-state index in [-0.39, 0.29) is 6.10 Å². The first-order valence-electron chi connectivity index (χ1n) is 7.15. The van der Waals surface area contributed by atoms with E-state index in [1.807, 2.05) is 36.5 Å². The lowest BCUT2D eigenvalue weighted by Gasteiger charge is -2.09. The maximum absolute atomic E-state index is 9.85. The van der Waals surface area contributed by atoms with Crippen molar-refractivity contribution in [1.29, 1.82) is 0 Å². The van der Waals surface area contributed by atoms with E-state index >= 15 is 0 Å². The second-order valence-corrected chi connectivity index (χ2v) is 4.97. The summed E-state index contributed by atoms with van der Waals surface area (Å²) in [6.07, 6.45) is 6.14. The van der Waals surface area contributed by atoms with Crippen LogP contribution in [-0.2, 0) is 13.2 Å². The van der Waals surface area contributed by atoms with Crippen LogP contribution in [0.3, 0.4) is 0 Å². The van der Waals surface area contributed by atoms with Crippen LogP contribution in [0.2, 0.25) is 0 Å². The lowest BCUT2D eigenvalue weighted by atomic mass is 10.2. The van der Waals surface area contributed by atoms with Crippen molar-refractivity contribution in [2.24, 2.45) is 0 Å². The molecule has 0 spiro atoms. The molecule has 4 heteroatoms. The van der Waals surface area contributed by atoms with Gasteiger partial charge in [-0.15, -0.1) is 0 Å². The Labute approximate surface area is 120 Å². The summed E-state index contributed by atoms with van der Waals surface area (Å²) in [7, 11) is 0. The van der Waals surface area contributed by atoms with E-state index in [0.717, 1.165) is 30.6 Å². The average molecular weight is 274 g/mol. The number of hydrogen-bond acceptors (Lipinski definition) is 3. The van der Waals surface area contributed by atoms with Gasteiger partial charge in [0, 0.05) is 0 Å². The number of nitrogens with zero attached hydrogens (tertiary/aromatic N) is 2. The summed E-state index contributed by atoms with van der Waals surface area (Å²) in [5, 5.41) is 14.1. The number of ether oxygens (including phenoxy) is 1. The summed E-state index contributed by atoms with van der Waals surface area (Å²) in [6, 6.07) is 10.0. The Morgan fingerprint density at radius 1 is 1.30 bits per heavy atom. The summed E-state index contributed by atoms with van der Waals surface area (Å²) < 4.78 is 7.41. The molecule has 0 fully saturated rings. The number of rotatable bonds is 8. The Bertz CT molecular complexity index is 496. The minimum atomic E-state index is -0.336. The monoisotopic (exact) mass is 274 g/mol. The van der Waals surface area contributed by atoms with E-state index in [2.05, 4.69) is 12.0 Å². The van der Waals surface area contributed by atoms with Gasteiger partial charge in [-0.25, -0.2) is 0 Å². The van der Waals surface area contributed by atoms with Crippen LogP contribution >= 0.6 is 0 Å². The molecular formula is C16H22N2O2. The maximum Gasteiger partial charge on any atom is 0.157 e. The number of benzene rings is 1. The predicted molar refractivity (Wildman–Crippen MR) is 78.5 cm³/mol. The highest BCUT2D eigenvalue weighted by atomic mass is 16.5. The van der Waals surface area contributed by atoms with Gasteiger partial charge in [0.05, 0.1) is 25.0 Å². The quantitative estimate of drug-likeness (QED) is 0.805. The number of aliphatic hydroxyl groups is 1. The molecule has 0 saturated carbocycles. The van der Waals surface area contributed by atoms with E-state index < -0.39 is 0 Å². The molecule has 2 rings (SSSR count). The standard InChI is InChI=1S/C16H22N2O2/c1-2-3-9-15(19)11-18-12-16(10-17-18)20-13-14-7-5-4-6-8-14/h4-8,10,12,15,19H,2-3,9,11,13H2,1H3. The molecule has 0 bridgehead atoms. The third-order valence-electron chi connectivity index (χ3n) is 3.15. The molecule has 108 valence electrons. The first-order chi connectivity index (χ1) is 9.78. The summed E-state index contributed by atoms with van der Waals surface area (Å²) in [5.41, 5.74) is 1.13. The number of unbranched alkanes of at least 4 members (excludes halogenated alkanes) is 1. The topological polar surface area (TPSA) is 47.3 Å². The number of hydrogen-bond donors (Lipinski definition) is 1. The third-order valence-corrected chi connectivity index (χ3v) is 3.15. The second kappa shape index (κ2) is 7.70. The van der Waals surface area contributed by atoms with E-state index in [4.69, 9.17) is 4.74 Å². The Morgan fingerprint density at radius 3 is 2.85 bits per heavy atom. The zero-order chi connectivity index (χ0) is 14.2. The minimum Gasteiger partial charge on any atom is -0.486 e. The third kappa shape index (κ3) is 4.70. The van der Waals surface area contributed by atoms with Crippen LogP contribution in [-0.4, -0.2) is 21.0 Å². The average Bonchev–Trinajstić information content (AvgIpc) is 2.91. The van der Waals surface area contributed by atoms with Crippen molar-refractivity contribution in [2.45, 2.75) is 45.4 Å². The van der Waals surface area contributed by atoms with Crippen molar-refractivity contribution in [2.75, 3.05) is 0 Å².